The third-order valence-electron chi connectivity index (χ3n) is 5.28. The summed E-state index contributed by atoms with van der Waals surface area (Å²) in [5, 5.41) is 2.65. The molecule has 2 aromatic carbocycles. The molecule has 0 saturated carbocycles. The minimum Gasteiger partial charge on any atom is -0.406 e. The quantitative estimate of drug-likeness (QED) is 0.375. The van der Waals surface area contributed by atoms with Crippen LogP contribution in [0, 0.1) is 5.82 Å². The fourth-order valence-electron chi connectivity index (χ4n) is 3.60. The standard InChI is InChI=1S/C24H19F4N3O4S/c25-18-5-9-21(10-6-18)36(33,34)31-13-1-2-22(31)23(32)30-15-19-14-17(11-12-29-19)16-3-7-20(8-4-16)35-24(26,27)28/h1-12,14,22H,13,15H2,(H,30,32)/t22-/m0/s1. The highest BCUT2D eigenvalue weighted by Gasteiger charge is 2.36. The van der Waals surface area contributed by atoms with Gasteiger partial charge < -0.3 is 10.1 Å². The first-order valence-electron chi connectivity index (χ1n) is 10.6. The van der Waals surface area contributed by atoms with Crippen LogP contribution in [0.15, 0.2) is 83.9 Å². The van der Waals surface area contributed by atoms with Gasteiger partial charge in [-0.1, -0.05) is 24.3 Å². The number of sulfonamides is 1. The Morgan fingerprint density at radius 1 is 1.06 bits per heavy atom. The van der Waals surface area contributed by atoms with Gasteiger partial charge in [0.1, 0.15) is 17.6 Å². The molecule has 36 heavy (non-hydrogen) atoms. The van der Waals surface area contributed by atoms with E-state index in [2.05, 4.69) is 15.0 Å². The maximum absolute atomic E-state index is 13.2. The Kier molecular flexibility index (Phi) is 7.09. The number of ether oxygens (including phenoxy) is 1. The van der Waals surface area contributed by atoms with Crippen molar-refractivity contribution in [2.45, 2.75) is 23.8 Å². The summed E-state index contributed by atoms with van der Waals surface area (Å²) < 4.78 is 81.0. The van der Waals surface area contributed by atoms with E-state index in [4.69, 9.17) is 0 Å². The maximum Gasteiger partial charge on any atom is 0.573 e. The number of aromatic nitrogens is 1. The average molecular weight is 521 g/mol. The predicted molar refractivity (Wildman–Crippen MR) is 121 cm³/mol. The van der Waals surface area contributed by atoms with Crippen molar-refractivity contribution in [2.24, 2.45) is 0 Å². The Morgan fingerprint density at radius 3 is 2.42 bits per heavy atom. The number of amides is 1. The minimum absolute atomic E-state index is 0.0143. The Labute approximate surface area is 204 Å². The third kappa shape index (κ3) is 5.89. The van der Waals surface area contributed by atoms with Gasteiger partial charge in [-0.25, -0.2) is 12.8 Å². The van der Waals surface area contributed by atoms with Gasteiger partial charge in [-0.15, -0.1) is 13.2 Å². The molecule has 1 aliphatic rings. The lowest BCUT2D eigenvalue weighted by Gasteiger charge is -2.23. The molecule has 0 radical (unpaired) electrons. The number of hydrogen-bond acceptors (Lipinski definition) is 5. The van der Waals surface area contributed by atoms with Crippen molar-refractivity contribution < 1.29 is 35.5 Å². The monoisotopic (exact) mass is 521 g/mol. The highest BCUT2D eigenvalue weighted by atomic mass is 32.2. The Balaban J connectivity index is 1.42. The van der Waals surface area contributed by atoms with Crippen LogP contribution in [0.2, 0.25) is 0 Å². The fraction of sp³-hybridized carbons (Fsp3) is 0.167. The van der Waals surface area contributed by atoms with Crippen LogP contribution in [-0.2, 0) is 21.4 Å². The lowest BCUT2D eigenvalue weighted by atomic mass is 10.1. The van der Waals surface area contributed by atoms with E-state index in [0.29, 0.717) is 16.8 Å². The molecule has 1 aliphatic heterocycles. The number of rotatable bonds is 7. The van der Waals surface area contributed by atoms with Gasteiger partial charge in [0.25, 0.3) is 0 Å². The molecule has 0 aliphatic carbocycles. The summed E-state index contributed by atoms with van der Waals surface area (Å²) in [4.78, 5) is 16.9. The van der Waals surface area contributed by atoms with Crippen LogP contribution < -0.4 is 10.1 Å². The van der Waals surface area contributed by atoms with Crippen molar-refractivity contribution in [3.05, 3.63) is 90.5 Å². The maximum atomic E-state index is 13.2. The lowest BCUT2D eigenvalue weighted by Crippen LogP contribution is -2.45. The molecule has 4 rings (SSSR count). The summed E-state index contributed by atoms with van der Waals surface area (Å²) in [5.74, 6) is -1.50. The Hall–Kier alpha value is -3.77. The second-order valence-electron chi connectivity index (χ2n) is 7.73. The van der Waals surface area contributed by atoms with E-state index in [1.54, 1.807) is 18.2 Å². The predicted octanol–water partition coefficient (Wildman–Crippen LogP) is 4.03. The van der Waals surface area contributed by atoms with E-state index in [9.17, 15) is 30.8 Å². The first-order chi connectivity index (χ1) is 17.0. The number of carbonyl (C=O) groups excluding carboxylic acids is 1. The summed E-state index contributed by atoms with van der Waals surface area (Å²) >= 11 is 0. The van der Waals surface area contributed by atoms with E-state index in [-0.39, 0.29) is 23.7 Å². The van der Waals surface area contributed by atoms with Gasteiger partial charge in [-0.05, 0) is 59.7 Å². The topological polar surface area (TPSA) is 88.6 Å². The van der Waals surface area contributed by atoms with Gasteiger partial charge in [0.15, 0.2) is 0 Å². The van der Waals surface area contributed by atoms with Gasteiger partial charge in [0.05, 0.1) is 17.1 Å². The number of carbonyl (C=O) groups is 1. The highest BCUT2D eigenvalue weighted by molar-refractivity contribution is 7.89. The molecule has 0 saturated heterocycles. The molecule has 2 heterocycles. The van der Waals surface area contributed by atoms with Gasteiger partial charge in [0, 0.05) is 12.7 Å². The van der Waals surface area contributed by atoms with Crippen LogP contribution in [0.3, 0.4) is 0 Å². The zero-order valence-corrected chi connectivity index (χ0v) is 19.3. The number of benzene rings is 2. The average Bonchev–Trinajstić information content (AvgIpc) is 3.34. The van der Waals surface area contributed by atoms with E-state index >= 15 is 0 Å². The van der Waals surface area contributed by atoms with E-state index in [1.165, 1.54) is 36.5 Å². The van der Waals surface area contributed by atoms with Crippen LogP contribution in [-0.4, -0.2) is 42.6 Å². The molecule has 0 unspecified atom stereocenters. The first-order valence-corrected chi connectivity index (χ1v) is 12.0. The van der Waals surface area contributed by atoms with Crippen molar-refractivity contribution in [3.8, 4) is 16.9 Å². The third-order valence-corrected chi connectivity index (χ3v) is 7.15. The second kappa shape index (κ2) is 10.1. The number of pyridine rings is 1. The van der Waals surface area contributed by atoms with Crippen LogP contribution in [0.25, 0.3) is 11.1 Å². The lowest BCUT2D eigenvalue weighted by molar-refractivity contribution is -0.274. The smallest absolute Gasteiger partial charge is 0.406 e. The van der Waals surface area contributed by atoms with Crippen molar-refractivity contribution in [1.82, 2.24) is 14.6 Å². The number of nitrogens with zero attached hydrogens (tertiary/aromatic N) is 2. The SMILES string of the molecule is O=C(NCc1cc(-c2ccc(OC(F)(F)F)cc2)ccn1)[C@@H]1C=CCN1S(=O)(=O)c1ccc(F)cc1. The Morgan fingerprint density at radius 2 is 1.75 bits per heavy atom. The molecule has 3 aromatic rings. The van der Waals surface area contributed by atoms with E-state index in [1.807, 2.05) is 0 Å². The number of halogens is 4. The first kappa shape index (κ1) is 25.3. The molecule has 0 fully saturated rings. The summed E-state index contributed by atoms with van der Waals surface area (Å²) in [6.07, 6.45) is -0.287. The molecule has 1 N–H and O–H groups in total. The molecule has 188 valence electrons. The van der Waals surface area contributed by atoms with E-state index < -0.39 is 34.2 Å². The Bertz CT molecular complexity index is 1380. The fourth-order valence-corrected chi connectivity index (χ4v) is 5.09. The van der Waals surface area contributed by atoms with Crippen LogP contribution in [0.5, 0.6) is 5.75 Å². The molecule has 1 amide bonds. The molecule has 0 bridgehead atoms. The minimum atomic E-state index is -4.79. The molecular weight excluding hydrogens is 502 g/mol. The van der Waals surface area contributed by atoms with Crippen molar-refractivity contribution in [2.75, 3.05) is 6.54 Å². The van der Waals surface area contributed by atoms with Crippen molar-refractivity contribution >= 4 is 15.9 Å². The summed E-state index contributed by atoms with van der Waals surface area (Å²) in [7, 11) is -4.04. The number of alkyl halides is 3. The van der Waals surface area contributed by atoms with Gasteiger partial charge in [0.2, 0.25) is 15.9 Å². The van der Waals surface area contributed by atoms with Crippen LogP contribution in [0.1, 0.15) is 5.69 Å². The molecular formula is C24H19F4N3O4S. The zero-order chi connectivity index (χ0) is 25.9. The zero-order valence-electron chi connectivity index (χ0n) is 18.4. The normalized spacial score (nSPS) is 16.2. The largest absolute Gasteiger partial charge is 0.573 e. The molecule has 0 spiro atoms. The van der Waals surface area contributed by atoms with Gasteiger partial charge in [-0.3, -0.25) is 9.78 Å². The summed E-state index contributed by atoms with van der Waals surface area (Å²) in [6.45, 7) is -0.0315. The molecule has 7 nitrogen and oxygen atoms in total. The molecule has 12 heteroatoms. The second-order valence-corrected chi connectivity index (χ2v) is 9.62. The molecule has 1 aromatic heterocycles. The van der Waals surface area contributed by atoms with Gasteiger partial charge >= 0.3 is 6.36 Å². The van der Waals surface area contributed by atoms with Crippen LogP contribution in [0.4, 0.5) is 17.6 Å². The number of hydrogen-bond donors (Lipinski definition) is 1. The highest BCUT2D eigenvalue weighted by Crippen LogP contribution is 2.27. The van der Waals surface area contributed by atoms with Crippen molar-refractivity contribution in [3.63, 3.8) is 0 Å². The summed E-state index contributed by atoms with van der Waals surface area (Å²) in [5.41, 5.74) is 1.70. The van der Waals surface area contributed by atoms with Gasteiger partial charge in [-0.2, -0.15) is 4.31 Å². The molecule has 1 atom stereocenters. The number of nitrogens with one attached hydrogen (secondary N) is 1. The van der Waals surface area contributed by atoms with Crippen molar-refractivity contribution in [1.29, 1.82) is 0 Å². The van der Waals surface area contributed by atoms with Crippen LogP contribution >= 0.6 is 0 Å². The summed E-state index contributed by atoms with van der Waals surface area (Å²) in [6, 6.07) is 11.8. The van der Waals surface area contributed by atoms with E-state index in [0.717, 1.165) is 28.6 Å².